The molecule has 1 N–H and O–H groups in total. The van der Waals surface area contributed by atoms with Crippen molar-refractivity contribution in [2.45, 2.75) is 57.5 Å². The molecule has 9 rings (SSSR count). The lowest BCUT2D eigenvalue weighted by Gasteiger charge is -2.17. The van der Waals surface area contributed by atoms with Crippen LogP contribution in [0.15, 0.2) is 53.1 Å². The smallest absolute Gasteiger partial charge is 0.257 e. The SMILES string of the molecule is COc1c(F)c(F)cc2c1CC[C@@H]2Nc1nccc2cc(-c3c4c(nc(CCc5ccc(F)cc5)c3-c3nnc(C)o3)[C@@H]3CCCN3C4=O)sc12. The number of thiophene rings is 1. The zero-order chi connectivity index (χ0) is 35.0. The first kappa shape index (κ1) is 31.7. The molecule has 2 atom stereocenters. The number of halogens is 3. The number of amides is 1. The summed E-state index contributed by atoms with van der Waals surface area (Å²) in [6.45, 7) is 2.37. The summed E-state index contributed by atoms with van der Waals surface area (Å²) >= 11 is 1.48. The highest BCUT2D eigenvalue weighted by molar-refractivity contribution is 7.23. The lowest BCUT2D eigenvalue weighted by molar-refractivity contribution is 0.0776. The fraction of sp³-hybridized carbons (Fsp3) is 0.289. The quantitative estimate of drug-likeness (QED) is 0.168. The van der Waals surface area contributed by atoms with Gasteiger partial charge in [0.25, 0.3) is 5.91 Å². The average Bonchev–Trinajstić information content (AvgIpc) is 3.97. The van der Waals surface area contributed by atoms with Crippen molar-refractivity contribution in [3.8, 4) is 27.6 Å². The molecular weight excluding hydrogens is 678 g/mol. The molecule has 0 radical (unpaired) electrons. The van der Waals surface area contributed by atoms with Crippen molar-refractivity contribution in [1.82, 2.24) is 25.1 Å². The Morgan fingerprint density at radius 1 is 1.04 bits per heavy atom. The van der Waals surface area contributed by atoms with Gasteiger partial charge in [-0.1, -0.05) is 12.1 Å². The number of aromatic nitrogens is 4. The minimum atomic E-state index is -0.982. The Labute approximate surface area is 294 Å². The maximum Gasteiger partial charge on any atom is 0.257 e. The number of ether oxygens (including phenoxy) is 1. The fourth-order valence-corrected chi connectivity index (χ4v) is 9.07. The Hall–Kier alpha value is -5.30. The number of anilines is 1. The molecule has 0 saturated carbocycles. The molecule has 13 heteroatoms. The van der Waals surface area contributed by atoms with Gasteiger partial charge in [-0.05, 0) is 85.4 Å². The zero-order valence-electron chi connectivity index (χ0n) is 27.7. The molecule has 6 aromatic rings. The van der Waals surface area contributed by atoms with E-state index in [-0.39, 0.29) is 35.4 Å². The summed E-state index contributed by atoms with van der Waals surface area (Å²) in [6.07, 6.45) is 5.63. The Kier molecular flexibility index (Phi) is 7.57. The van der Waals surface area contributed by atoms with Gasteiger partial charge < -0.3 is 19.4 Å². The number of hydrogen-bond donors (Lipinski definition) is 1. The molecule has 9 nitrogen and oxygen atoms in total. The molecule has 1 amide bonds. The molecule has 2 aromatic carbocycles. The van der Waals surface area contributed by atoms with E-state index in [2.05, 4.69) is 20.5 Å². The Morgan fingerprint density at radius 3 is 2.67 bits per heavy atom. The van der Waals surface area contributed by atoms with Crippen LogP contribution in [0.5, 0.6) is 5.75 Å². The van der Waals surface area contributed by atoms with E-state index in [1.54, 1.807) is 25.3 Å². The van der Waals surface area contributed by atoms with Gasteiger partial charge in [0, 0.05) is 35.7 Å². The minimum Gasteiger partial charge on any atom is -0.493 e. The first-order valence-corrected chi connectivity index (χ1v) is 17.7. The molecule has 0 spiro atoms. The van der Waals surface area contributed by atoms with Crippen LogP contribution in [-0.2, 0) is 19.3 Å². The van der Waals surface area contributed by atoms with Gasteiger partial charge in [0.1, 0.15) is 11.6 Å². The summed E-state index contributed by atoms with van der Waals surface area (Å²) in [5.41, 5.74) is 5.54. The predicted octanol–water partition coefficient (Wildman–Crippen LogP) is 8.32. The van der Waals surface area contributed by atoms with E-state index in [0.717, 1.165) is 44.8 Å². The van der Waals surface area contributed by atoms with Crippen LogP contribution in [0.1, 0.15) is 75.7 Å². The molecule has 1 aliphatic carbocycles. The van der Waals surface area contributed by atoms with Crippen molar-refractivity contribution in [1.29, 1.82) is 0 Å². The Bertz CT molecular complexity index is 2380. The molecule has 4 aromatic heterocycles. The zero-order valence-corrected chi connectivity index (χ0v) is 28.5. The van der Waals surface area contributed by atoms with E-state index in [1.165, 1.54) is 36.6 Å². The second-order valence-corrected chi connectivity index (χ2v) is 14.2. The standard InChI is InChI=1S/C38H31F3N6O3S/c1-18-45-46-37(50-18)29-26(11-7-19-5-8-21(39)9-6-19)43-33-27-4-3-15-47(27)38(48)31(33)30(29)28-16-20-13-14-42-36(35(20)51-28)44-25-12-10-22-23(25)17-24(40)32(41)34(22)49-2/h5-6,8-9,13-14,16-17,25,27H,3-4,7,10-12,15H2,1-2H3,(H,42,44)/t25-,27-/m0/s1. The van der Waals surface area contributed by atoms with Crippen LogP contribution in [0, 0.1) is 24.4 Å². The van der Waals surface area contributed by atoms with Crippen molar-refractivity contribution in [2.24, 2.45) is 0 Å². The Balaban J connectivity index is 1.19. The van der Waals surface area contributed by atoms with E-state index in [0.29, 0.717) is 71.8 Å². The van der Waals surface area contributed by atoms with Gasteiger partial charge in [-0.2, -0.15) is 4.39 Å². The van der Waals surface area contributed by atoms with Gasteiger partial charge in [0.15, 0.2) is 11.6 Å². The third-order valence-electron chi connectivity index (χ3n) is 10.2. The third-order valence-corrected chi connectivity index (χ3v) is 11.4. The number of methoxy groups -OCH3 is 1. The number of aryl methyl sites for hydroxylation is 3. The number of pyridine rings is 2. The van der Waals surface area contributed by atoms with Crippen molar-refractivity contribution in [3.05, 3.63) is 106 Å². The summed E-state index contributed by atoms with van der Waals surface area (Å²) in [5.74, 6) is -1.13. The topological polar surface area (TPSA) is 106 Å². The highest BCUT2D eigenvalue weighted by Gasteiger charge is 2.45. The van der Waals surface area contributed by atoms with E-state index < -0.39 is 11.6 Å². The van der Waals surface area contributed by atoms with E-state index in [4.69, 9.17) is 14.1 Å². The molecule has 0 bridgehead atoms. The normalized spacial score (nSPS) is 17.7. The van der Waals surface area contributed by atoms with Crippen molar-refractivity contribution >= 4 is 33.1 Å². The summed E-state index contributed by atoms with van der Waals surface area (Å²) in [5, 5.41) is 13.0. The lowest BCUT2D eigenvalue weighted by Crippen LogP contribution is -2.22. The number of hydrogen-bond acceptors (Lipinski definition) is 9. The second-order valence-electron chi connectivity index (χ2n) is 13.2. The highest BCUT2D eigenvalue weighted by atomic mass is 32.1. The molecule has 258 valence electrons. The number of carbonyl (C=O) groups excluding carboxylic acids is 1. The van der Waals surface area contributed by atoms with Crippen molar-refractivity contribution in [2.75, 3.05) is 19.0 Å². The lowest BCUT2D eigenvalue weighted by atomic mass is 9.93. The van der Waals surface area contributed by atoms with Crippen LogP contribution < -0.4 is 10.1 Å². The molecule has 0 unspecified atom stereocenters. The van der Waals surface area contributed by atoms with Gasteiger partial charge in [-0.25, -0.2) is 13.8 Å². The van der Waals surface area contributed by atoms with Crippen molar-refractivity contribution in [3.63, 3.8) is 0 Å². The minimum absolute atomic E-state index is 0.0605. The predicted molar refractivity (Wildman–Crippen MR) is 185 cm³/mol. The summed E-state index contributed by atoms with van der Waals surface area (Å²) < 4.78 is 55.0. The van der Waals surface area contributed by atoms with E-state index >= 15 is 0 Å². The number of nitrogens with zero attached hydrogens (tertiary/aromatic N) is 5. The van der Waals surface area contributed by atoms with Crippen LogP contribution in [0.3, 0.4) is 0 Å². The number of rotatable bonds is 8. The number of carbonyl (C=O) groups is 1. The maximum atomic E-state index is 14.6. The van der Waals surface area contributed by atoms with Gasteiger partial charge in [-0.3, -0.25) is 9.78 Å². The number of nitrogens with one attached hydrogen (secondary N) is 1. The first-order chi connectivity index (χ1) is 24.8. The van der Waals surface area contributed by atoms with Gasteiger partial charge >= 0.3 is 0 Å². The fourth-order valence-electron chi connectivity index (χ4n) is 7.91. The third kappa shape index (κ3) is 5.16. The van der Waals surface area contributed by atoms with E-state index in [9.17, 15) is 18.0 Å². The molecule has 51 heavy (non-hydrogen) atoms. The summed E-state index contributed by atoms with van der Waals surface area (Å²) in [7, 11) is 1.34. The van der Waals surface area contributed by atoms with Gasteiger partial charge in [0.05, 0.1) is 46.4 Å². The molecule has 6 heterocycles. The largest absolute Gasteiger partial charge is 0.493 e. The molecule has 2 aliphatic heterocycles. The monoisotopic (exact) mass is 708 g/mol. The average molecular weight is 709 g/mol. The molecule has 3 aliphatic rings. The maximum absolute atomic E-state index is 14.6. The van der Waals surface area contributed by atoms with Crippen LogP contribution in [0.4, 0.5) is 19.0 Å². The van der Waals surface area contributed by atoms with Crippen LogP contribution >= 0.6 is 11.3 Å². The van der Waals surface area contributed by atoms with E-state index in [1.807, 2.05) is 17.0 Å². The summed E-state index contributed by atoms with van der Waals surface area (Å²) in [6, 6.07) is 11.2. The first-order valence-electron chi connectivity index (χ1n) is 16.9. The number of fused-ring (bicyclic) bond motifs is 5. The molecule has 1 fully saturated rings. The molecule has 1 saturated heterocycles. The molecular formula is C38H31F3N6O3S. The highest BCUT2D eigenvalue weighted by Crippen LogP contribution is 2.51. The van der Waals surface area contributed by atoms with Crippen LogP contribution in [0.25, 0.3) is 32.0 Å². The summed E-state index contributed by atoms with van der Waals surface area (Å²) in [4.78, 5) is 26.8. The van der Waals surface area contributed by atoms with Crippen molar-refractivity contribution < 1.29 is 27.1 Å². The Morgan fingerprint density at radius 2 is 1.88 bits per heavy atom. The number of benzene rings is 2. The van der Waals surface area contributed by atoms with Gasteiger partial charge in [-0.15, -0.1) is 21.5 Å². The van der Waals surface area contributed by atoms with Gasteiger partial charge in [0.2, 0.25) is 17.6 Å². The van der Waals surface area contributed by atoms with Crippen LogP contribution in [0.2, 0.25) is 0 Å². The van der Waals surface area contributed by atoms with Crippen LogP contribution in [-0.4, -0.2) is 44.6 Å². The second kappa shape index (κ2) is 12.2.